The van der Waals surface area contributed by atoms with Gasteiger partial charge in [-0.2, -0.15) is 0 Å². The van der Waals surface area contributed by atoms with Gasteiger partial charge in [0.2, 0.25) is 0 Å². The minimum absolute atomic E-state index is 0.0615. The first kappa shape index (κ1) is 16.7. The third-order valence-electron chi connectivity index (χ3n) is 4.77. The van der Waals surface area contributed by atoms with E-state index in [0.29, 0.717) is 37.7 Å². The highest BCUT2D eigenvalue weighted by Crippen LogP contribution is 2.50. The van der Waals surface area contributed by atoms with E-state index in [1.165, 1.54) is 0 Å². The van der Waals surface area contributed by atoms with Crippen LogP contribution < -0.4 is 0 Å². The number of allylic oxidation sites excluding steroid dienone is 2. The molecule has 0 aromatic carbocycles. The SMILES string of the molecule is CCOC(=O)C1(C(=O)OCC)CCC(C)=C2C(=O)CCCC21. The van der Waals surface area contributed by atoms with Crippen LogP contribution in [-0.4, -0.2) is 30.9 Å². The summed E-state index contributed by atoms with van der Waals surface area (Å²) in [5, 5.41) is 0. The molecule has 0 aromatic heterocycles. The Balaban J connectivity index is 2.51. The Labute approximate surface area is 131 Å². The second-order valence-corrected chi connectivity index (χ2v) is 5.97. The molecule has 2 aliphatic carbocycles. The molecule has 0 saturated heterocycles. The first-order chi connectivity index (χ1) is 10.5. The Hall–Kier alpha value is -1.65. The van der Waals surface area contributed by atoms with Gasteiger partial charge in [0.15, 0.2) is 11.2 Å². The van der Waals surface area contributed by atoms with E-state index in [2.05, 4.69) is 0 Å². The first-order valence-corrected chi connectivity index (χ1v) is 8.06. The topological polar surface area (TPSA) is 69.7 Å². The van der Waals surface area contributed by atoms with E-state index < -0.39 is 23.3 Å². The van der Waals surface area contributed by atoms with Crippen LogP contribution in [0.4, 0.5) is 0 Å². The maximum Gasteiger partial charge on any atom is 0.324 e. The Kier molecular flexibility index (Phi) is 5.04. The van der Waals surface area contributed by atoms with Crippen LogP contribution in [0.25, 0.3) is 0 Å². The zero-order valence-electron chi connectivity index (χ0n) is 13.6. The quantitative estimate of drug-likeness (QED) is 0.590. The normalized spacial score (nSPS) is 23.8. The van der Waals surface area contributed by atoms with Crippen LogP contribution >= 0.6 is 0 Å². The Bertz CT molecular complexity index is 499. The van der Waals surface area contributed by atoms with Crippen molar-refractivity contribution in [1.29, 1.82) is 0 Å². The zero-order valence-corrected chi connectivity index (χ0v) is 13.6. The van der Waals surface area contributed by atoms with Crippen molar-refractivity contribution in [2.45, 2.75) is 52.9 Å². The van der Waals surface area contributed by atoms with Crippen LogP contribution in [0.3, 0.4) is 0 Å². The predicted octanol–water partition coefficient (Wildman–Crippen LogP) is 2.58. The predicted molar refractivity (Wildman–Crippen MR) is 80.0 cm³/mol. The molecule has 0 spiro atoms. The van der Waals surface area contributed by atoms with Gasteiger partial charge in [-0.25, -0.2) is 0 Å². The number of ketones is 1. The van der Waals surface area contributed by atoms with Crippen LogP contribution in [0, 0.1) is 11.3 Å². The molecule has 1 unspecified atom stereocenters. The Morgan fingerprint density at radius 1 is 1.14 bits per heavy atom. The molecule has 0 aromatic rings. The Morgan fingerprint density at radius 2 is 1.73 bits per heavy atom. The van der Waals surface area contributed by atoms with E-state index in [-0.39, 0.29) is 19.0 Å². The van der Waals surface area contributed by atoms with Gasteiger partial charge in [-0.15, -0.1) is 0 Å². The number of Topliss-reactive ketones (excluding diaryl/α,β-unsaturated/α-hetero) is 1. The van der Waals surface area contributed by atoms with Gasteiger partial charge in [0.25, 0.3) is 0 Å². The highest BCUT2D eigenvalue weighted by atomic mass is 16.6. The number of carbonyl (C=O) groups excluding carboxylic acids is 3. The fraction of sp³-hybridized carbons (Fsp3) is 0.706. The van der Waals surface area contributed by atoms with Gasteiger partial charge < -0.3 is 9.47 Å². The van der Waals surface area contributed by atoms with Crippen LogP contribution in [-0.2, 0) is 23.9 Å². The van der Waals surface area contributed by atoms with Crippen LogP contribution in [0.2, 0.25) is 0 Å². The van der Waals surface area contributed by atoms with Crippen LogP contribution in [0.5, 0.6) is 0 Å². The molecule has 1 atom stereocenters. The van der Waals surface area contributed by atoms with Gasteiger partial charge in [0.1, 0.15) is 0 Å². The largest absolute Gasteiger partial charge is 0.465 e. The van der Waals surface area contributed by atoms with E-state index in [0.717, 1.165) is 5.57 Å². The van der Waals surface area contributed by atoms with Gasteiger partial charge in [0.05, 0.1) is 13.2 Å². The highest BCUT2D eigenvalue weighted by molar-refractivity contribution is 6.05. The lowest BCUT2D eigenvalue weighted by Crippen LogP contribution is -2.52. The zero-order chi connectivity index (χ0) is 16.3. The standard InChI is InChI=1S/C17H24O5/c1-4-21-15(19)17(16(20)22-5-2)10-9-11(3)14-12(17)7-6-8-13(14)18/h12H,4-10H2,1-3H3. The van der Waals surface area contributed by atoms with Crippen molar-refractivity contribution in [3.63, 3.8) is 0 Å². The summed E-state index contributed by atoms with van der Waals surface area (Å²) in [5.41, 5.74) is 0.314. The minimum Gasteiger partial charge on any atom is -0.465 e. The molecule has 0 heterocycles. The van der Waals surface area contributed by atoms with Gasteiger partial charge in [-0.1, -0.05) is 5.57 Å². The molecule has 22 heavy (non-hydrogen) atoms. The Morgan fingerprint density at radius 3 is 2.27 bits per heavy atom. The molecule has 0 N–H and O–H groups in total. The molecule has 0 aliphatic heterocycles. The summed E-state index contributed by atoms with van der Waals surface area (Å²) in [5.74, 6) is -1.43. The summed E-state index contributed by atoms with van der Waals surface area (Å²) in [6, 6.07) is 0. The van der Waals surface area contributed by atoms with Crippen molar-refractivity contribution in [3.05, 3.63) is 11.1 Å². The molecule has 5 nitrogen and oxygen atoms in total. The lowest BCUT2D eigenvalue weighted by atomic mass is 9.59. The molecule has 2 aliphatic rings. The average molecular weight is 308 g/mol. The molecule has 1 saturated carbocycles. The van der Waals surface area contributed by atoms with Crippen molar-refractivity contribution in [2.75, 3.05) is 13.2 Å². The summed E-state index contributed by atoms with van der Waals surface area (Å²) in [4.78, 5) is 37.6. The fourth-order valence-electron chi connectivity index (χ4n) is 3.75. The van der Waals surface area contributed by atoms with E-state index in [1.54, 1.807) is 13.8 Å². The molecule has 0 amide bonds. The van der Waals surface area contributed by atoms with Crippen molar-refractivity contribution < 1.29 is 23.9 Å². The van der Waals surface area contributed by atoms with Crippen molar-refractivity contribution in [2.24, 2.45) is 11.3 Å². The first-order valence-electron chi connectivity index (χ1n) is 8.06. The minimum atomic E-state index is -1.35. The lowest BCUT2D eigenvalue weighted by molar-refractivity contribution is -0.177. The second-order valence-electron chi connectivity index (χ2n) is 5.97. The van der Waals surface area contributed by atoms with Crippen molar-refractivity contribution in [3.8, 4) is 0 Å². The summed E-state index contributed by atoms with van der Waals surface area (Å²) in [7, 11) is 0. The van der Waals surface area contributed by atoms with E-state index in [4.69, 9.17) is 9.47 Å². The number of esters is 2. The molecule has 122 valence electrons. The summed E-state index contributed by atoms with van der Waals surface area (Å²) in [6.45, 7) is 5.77. The maximum atomic E-state index is 12.6. The highest BCUT2D eigenvalue weighted by Gasteiger charge is 2.58. The number of ether oxygens (including phenoxy) is 2. The van der Waals surface area contributed by atoms with Crippen LogP contribution in [0.15, 0.2) is 11.1 Å². The molecule has 2 rings (SSSR count). The second kappa shape index (κ2) is 6.63. The molecule has 0 bridgehead atoms. The van der Waals surface area contributed by atoms with E-state index in [9.17, 15) is 14.4 Å². The smallest absolute Gasteiger partial charge is 0.324 e. The number of carbonyl (C=O) groups is 3. The van der Waals surface area contributed by atoms with E-state index in [1.807, 2.05) is 6.92 Å². The molecular formula is C17H24O5. The van der Waals surface area contributed by atoms with Gasteiger partial charge in [0, 0.05) is 12.3 Å². The molecule has 0 radical (unpaired) electrons. The third-order valence-corrected chi connectivity index (χ3v) is 4.77. The van der Waals surface area contributed by atoms with Gasteiger partial charge >= 0.3 is 11.9 Å². The molecule has 1 fully saturated rings. The number of rotatable bonds is 4. The van der Waals surface area contributed by atoms with Gasteiger partial charge in [-0.3, -0.25) is 14.4 Å². The van der Waals surface area contributed by atoms with Crippen LogP contribution in [0.1, 0.15) is 52.9 Å². The summed E-state index contributed by atoms with van der Waals surface area (Å²) >= 11 is 0. The number of fused-ring (bicyclic) bond motifs is 1. The maximum absolute atomic E-state index is 12.6. The third kappa shape index (κ3) is 2.57. The number of hydrogen-bond acceptors (Lipinski definition) is 5. The molecule has 5 heteroatoms. The summed E-state index contributed by atoms with van der Waals surface area (Å²) in [6.07, 6.45) is 2.74. The average Bonchev–Trinajstić information content (AvgIpc) is 2.48. The monoisotopic (exact) mass is 308 g/mol. The number of hydrogen-bond donors (Lipinski definition) is 0. The lowest BCUT2D eigenvalue weighted by Gasteiger charge is -2.43. The summed E-state index contributed by atoms with van der Waals surface area (Å²) < 4.78 is 10.4. The van der Waals surface area contributed by atoms with E-state index >= 15 is 0 Å². The molecular weight excluding hydrogens is 284 g/mol. The van der Waals surface area contributed by atoms with Gasteiger partial charge in [-0.05, 0) is 52.0 Å². The van der Waals surface area contributed by atoms with Crippen molar-refractivity contribution >= 4 is 17.7 Å². The fourth-order valence-corrected chi connectivity index (χ4v) is 3.75. The van der Waals surface area contributed by atoms with Crippen molar-refractivity contribution in [1.82, 2.24) is 0 Å².